The Hall–Kier alpha value is -3.12. The molecule has 24 heavy (non-hydrogen) atoms. The van der Waals surface area contributed by atoms with Gasteiger partial charge in [-0.2, -0.15) is 0 Å². The SMILES string of the molecule is NC(=O)c1ccccc1OCC(O)Nc1cccc2ncccc12. The van der Waals surface area contributed by atoms with Crippen molar-refractivity contribution in [1.82, 2.24) is 4.98 Å². The highest BCUT2D eigenvalue weighted by Gasteiger charge is 2.12. The lowest BCUT2D eigenvalue weighted by Gasteiger charge is -2.17. The largest absolute Gasteiger partial charge is 0.488 e. The molecule has 122 valence electrons. The predicted octanol–water partition coefficient (Wildman–Crippen LogP) is 2.14. The van der Waals surface area contributed by atoms with Crippen LogP contribution in [0.2, 0.25) is 0 Å². The summed E-state index contributed by atoms with van der Waals surface area (Å²) >= 11 is 0. The maximum atomic E-state index is 11.4. The van der Waals surface area contributed by atoms with E-state index in [1.54, 1.807) is 30.5 Å². The average Bonchev–Trinajstić information content (AvgIpc) is 2.60. The summed E-state index contributed by atoms with van der Waals surface area (Å²) in [6.45, 7) is -0.0407. The van der Waals surface area contributed by atoms with Crippen LogP contribution >= 0.6 is 0 Å². The number of aliphatic hydroxyl groups is 1. The Kier molecular flexibility index (Phi) is 4.58. The molecule has 1 atom stereocenters. The summed E-state index contributed by atoms with van der Waals surface area (Å²) in [4.78, 5) is 15.6. The molecule has 0 aliphatic heterocycles. The number of ether oxygens (including phenoxy) is 1. The summed E-state index contributed by atoms with van der Waals surface area (Å²) in [6.07, 6.45) is 0.753. The van der Waals surface area contributed by atoms with Crippen LogP contribution < -0.4 is 15.8 Å². The molecule has 0 bridgehead atoms. The second kappa shape index (κ2) is 6.97. The molecule has 6 nitrogen and oxygen atoms in total. The number of hydrogen-bond donors (Lipinski definition) is 3. The fraction of sp³-hybridized carbons (Fsp3) is 0.111. The first-order valence-corrected chi connectivity index (χ1v) is 7.45. The molecule has 0 saturated heterocycles. The normalized spacial score (nSPS) is 11.9. The summed E-state index contributed by atoms with van der Waals surface area (Å²) in [5.74, 6) is -0.237. The lowest BCUT2D eigenvalue weighted by atomic mass is 10.2. The Morgan fingerprint density at radius 2 is 2.00 bits per heavy atom. The third kappa shape index (κ3) is 3.44. The van der Waals surface area contributed by atoms with Crippen LogP contribution in [0.4, 0.5) is 5.69 Å². The number of fused-ring (bicyclic) bond motifs is 1. The van der Waals surface area contributed by atoms with Crippen LogP contribution in [0, 0.1) is 0 Å². The number of carbonyl (C=O) groups excluding carboxylic acids is 1. The van der Waals surface area contributed by atoms with E-state index in [4.69, 9.17) is 10.5 Å². The highest BCUT2D eigenvalue weighted by Crippen LogP contribution is 2.22. The van der Waals surface area contributed by atoms with Gasteiger partial charge < -0.3 is 20.9 Å². The number of aromatic nitrogens is 1. The number of nitrogens with one attached hydrogen (secondary N) is 1. The molecule has 0 aliphatic carbocycles. The van der Waals surface area contributed by atoms with E-state index in [0.29, 0.717) is 5.75 Å². The van der Waals surface area contributed by atoms with Crippen molar-refractivity contribution in [2.45, 2.75) is 6.23 Å². The van der Waals surface area contributed by atoms with Crippen molar-refractivity contribution in [3.63, 3.8) is 0 Å². The van der Waals surface area contributed by atoms with E-state index in [0.717, 1.165) is 16.6 Å². The van der Waals surface area contributed by atoms with Gasteiger partial charge in [0, 0.05) is 17.3 Å². The van der Waals surface area contributed by atoms with Crippen molar-refractivity contribution in [3.05, 3.63) is 66.4 Å². The fourth-order valence-electron chi connectivity index (χ4n) is 2.42. The van der Waals surface area contributed by atoms with Crippen LogP contribution in [-0.2, 0) is 0 Å². The molecule has 2 aromatic carbocycles. The van der Waals surface area contributed by atoms with Crippen molar-refractivity contribution in [1.29, 1.82) is 0 Å². The van der Waals surface area contributed by atoms with Crippen LogP contribution in [0.15, 0.2) is 60.8 Å². The second-order valence-electron chi connectivity index (χ2n) is 5.21. The Morgan fingerprint density at radius 1 is 1.17 bits per heavy atom. The molecule has 0 aliphatic rings. The van der Waals surface area contributed by atoms with E-state index in [1.165, 1.54) is 0 Å². The standard InChI is InChI=1S/C18H17N3O3/c19-18(23)13-5-1-2-9-16(13)24-11-17(22)21-15-8-3-7-14-12(15)6-4-10-20-14/h1-10,17,21-22H,11H2,(H2,19,23). The van der Waals surface area contributed by atoms with E-state index < -0.39 is 12.1 Å². The van der Waals surface area contributed by atoms with Gasteiger partial charge in [0.25, 0.3) is 5.91 Å². The van der Waals surface area contributed by atoms with Crippen LogP contribution in [0.3, 0.4) is 0 Å². The first-order valence-electron chi connectivity index (χ1n) is 7.45. The molecule has 6 heteroatoms. The number of primary amides is 1. The monoisotopic (exact) mass is 323 g/mol. The van der Waals surface area contributed by atoms with E-state index in [9.17, 15) is 9.90 Å². The van der Waals surface area contributed by atoms with Gasteiger partial charge in [-0.15, -0.1) is 0 Å². The number of aliphatic hydroxyl groups excluding tert-OH is 1. The fourth-order valence-corrected chi connectivity index (χ4v) is 2.42. The van der Waals surface area contributed by atoms with Crippen molar-refractivity contribution in [2.24, 2.45) is 5.73 Å². The Labute approximate surface area is 138 Å². The zero-order valence-corrected chi connectivity index (χ0v) is 12.8. The number of anilines is 1. The predicted molar refractivity (Wildman–Crippen MR) is 91.8 cm³/mol. The van der Waals surface area contributed by atoms with Crippen molar-refractivity contribution < 1.29 is 14.6 Å². The van der Waals surface area contributed by atoms with E-state index in [-0.39, 0.29) is 12.2 Å². The van der Waals surface area contributed by atoms with Crippen molar-refractivity contribution in [3.8, 4) is 5.75 Å². The van der Waals surface area contributed by atoms with E-state index in [2.05, 4.69) is 10.3 Å². The van der Waals surface area contributed by atoms with E-state index >= 15 is 0 Å². The number of rotatable bonds is 6. The van der Waals surface area contributed by atoms with Gasteiger partial charge >= 0.3 is 0 Å². The highest BCUT2D eigenvalue weighted by molar-refractivity contribution is 5.95. The van der Waals surface area contributed by atoms with Crippen LogP contribution in [0.25, 0.3) is 10.9 Å². The Balaban J connectivity index is 1.70. The third-order valence-corrected chi connectivity index (χ3v) is 3.52. The minimum Gasteiger partial charge on any atom is -0.488 e. The minimum absolute atomic E-state index is 0.0407. The van der Waals surface area contributed by atoms with Gasteiger partial charge in [-0.05, 0) is 36.4 Å². The average molecular weight is 323 g/mol. The summed E-state index contributed by atoms with van der Waals surface area (Å²) in [7, 11) is 0. The number of nitrogens with zero attached hydrogens (tertiary/aromatic N) is 1. The molecular formula is C18H17N3O3. The number of hydrogen-bond acceptors (Lipinski definition) is 5. The minimum atomic E-state index is -0.961. The Bertz CT molecular complexity index is 862. The maximum absolute atomic E-state index is 11.4. The van der Waals surface area contributed by atoms with Crippen molar-refractivity contribution >= 4 is 22.5 Å². The zero-order chi connectivity index (χ0) is 16.9. The quantitative estimate of drug-likeness (QED) is 0.604. The molecule has 0 radical (unpaired) electrons. The summed E-state index contributed by atoms with van der Waals surface area (Å²) < 4.78 is 5.52. The highest BCUT2D eigenvalue weighted by atomic mass is 16.5. The maximum Gasteiger partial charge on any atom is 0.252 e. The summed E-state index contributed by atoms with van der Waals surface area (Å²) in [5, 5.41) is 14.1. The molecule has 4 N–H and O–H groups in total. The molecule has 0 fully saturated rings. The van der Waals surface area contributed by atoms with Gasteiger partial charge in [0.2, 0.25) is 0 Å². The number of carbonyl (C=O) groups is 1. The van der Waals surface area contributed by atoms with Gasteiger partial charge in [0.1, 0.15) is 12.4 Å². The molecule has 3 rings (SSSR count). The van der Waals surface area contributed by atoms with Gasteiger partial charge in [0.15, 0.2) is 6.23 Å². The number of nitrogens with two attached hydrogens (primary N) is 1. The zero-order valence-electron chi connectivity index (χ0n) is 12.8. The molecule has 1 amide bonds. The molecule has 1 aromatic heterocycles. The van der Waals surface area contributed by atoms with E-state index in [1.807, 2.05) is 30.3 Å². The van der Waals surface area contributed by atoms with Gasteiger partial charge in [-0.1, -0.05) is 18.2 Å². The van der Waals surface area contributed by atoms with Crippen LogP contribution in [-0.4, -0.2) is 28.8 Å². The molecule has 1 unspecified atom stereocenters. The Morgan fingerprint density at radius 3 is 2.83 bits per heavy atom. The van der Waals surface area contributed by atoms with Crippen LogP contribution in [0.1, 0.15) is 10.4 Å². The second-order valence-corrected chi connectivity index (χ2v) is 5.21. The number of pyridine rings is 1. The smallest absolute Gasteiger partial charge is 0.252 e. The lowest BCUT2D eigenvalue weighted by molar-refractivity contribution is 0.0986. The van der Waals surface area contributed by atoms with Crippen LogP contribution in [0.5, 0.6) is 5.75 Å². The number of amides is 1. The molecule has 0 spiro atoms. The first kappa shape index (κ1) is 15.8. The number of para-hydroxylation sites is 1. The molecule has 0 saturated carbocycles. The summed E-state index contributed by atoms with van der Waals surface area (Å²) in [5.41, 5.74) is 7.16. The molecule has 1 heterocycles. The molecular weight excluding hydrogens is 306 g/mol. The van der Waals surface area contributed by atoms with Gasteiger partial charge in [-0.25, -0.2) is 0 Å². The van der Waals surface area contributed by atoms with Gasteiger partial charge in [0.05, 0.1) is 11.1 Å². The topological polar surface area (TPSA) is 97.5 Å². The molecule has 3 aromatic rings. The van der Waals surface area contributed by atoms with Gasteiger partial charge in [-0.3, -0.25) is 9.78 Å². The third-order valence-electron chi connectivity index (χ3n) is 3.52. The number of benzene rings is 2. The lowest BCUT2D eigenvalue weighted by Crippen LogP contribution is -2.27. The van der Waals surface area contributed by atoms with Crippen molar-refractivity contribution in [2.75, 3.05) is 11.9 Å². The summed E-state index contributed by atoms with van der Waals surface area (Å²) in [6, 6.07) is 16.0. The first-order chi connectivity index (χ1) is 11.6.